The third-order valence-electron chi connectivity index (χ3n) is 13.3. The highest BCUT2D eigenvalue weighted by Gasteiger charge is 2.59. The quantitative estimate of drug-likeness (QED) is 0.142. The summed E-state index contributed by atoms with van der Waals surface area (Å²) in [5, 5.41) is 11.3. The highest BCUT2D eigenvalue weighted by molar-refractivity contribution is 5.68. The lowest BCUT2D eigenvalue weighted by molar-refractivity contribution is -0.316. The summed E-state index contributed by atoms with van der Waals surface area (Å²) in [5.74, 6) is 2.80. The van der Waals surface area contributed by atoms with Crippen LogP contribution in [0, 0.1) is 46.3 Å². The molecule has 0 aromatic rings. The molecule has 3 saturated carbocycles. The van der Waals surface area contributed by atoms with Crippen molar-refractivity contribution in [1.29, 1.82) is 0 Å². The van der Waals surface area contributed by atoms with E-state index in [1.165, 1.54) is 71.3 Å². The van der Waals surface area contributed by atoms with Gasteiger partial charge in [0.25, 0.3) is 0 Å². The molecule has 9 nitrogen and oxygen atoms in total. The zero-order valence-corrected chi connectivity index (χ0v) is 30.7. The monoisotopic (exact) mass is 674 g/mol. The first-order chi connectivity index (χ1) is 22.6. The van der Waals surface area contributed by atoms with E-state index in [1.807, 2.05) is 0 Å². The minimum absolute atomic E-state index is 0.135. The maximum atomic E-state index is 12.0. The van der Waals surface area contributed by atoms with Crippen molar-refractivity contribution in [3.63, 3.8) is 0 Å². The number of hydrogen-bond donors (Lipinski definition) is 1. The van der Waals surface area contributed by atoms with Crippen molar-refractivity contribution in [3.8, 4) is 0 Å². The van der Waals surface area contributed by atoms with Crippen LogP contribution in [0.1, 0.15) is 126 Å². The first-order valence-electron chi connectivity index (χ1n) is 18.8. The second-order valence-corrected chi connectivity index (χ2v) is 16.8. The Hall–Kier alpha value is -1.97. The molecule has 272 valence electrons. The van der Waals surface area contributed by atoms with Gasteiger partial charge in [-0.15, -0.1) is 0 Å². The fraction of sp³-hybridized carbons (Fsp3) is 0.872. The van der Waals surface area contributed by atoms with Crippen LogP contribution in [0.5, 0.6) is 0 Å². The number of allylic oxidation sites excluding steroid dienone is 1. The van der Waals surface area contributed by atoms with Crippen LogP contribution >= 0.6 is 0 Å². The second kappa shape index (κ2) is 15.1. The number of carbonyl (C=O) groups excluding carboxylic acids is 3. The molecule has 1 heterocycles. The summed E-state index contributed by atoms with van der Waals surface area (Å²) >= 11 is 0. The fourth-order valence-corrected chi connectivity index (χ4v) is 11.0. The van der Waals surface area contributed by atoms with Crippen molar-refractivity contribution >= 4 is 17.9 Å². The predicted octanol–water partition coefficient (Wildman–Crippen LogP) is 6.93. The molecule has 9 heteroatoms. The van der Waals surface area contributed by atoms with E-state index in [0.717, 1.165) is 55.3 Å². The number of hydrogen-bond acceptors (Lipinski definition) is 9. The SMILES string of the molecule is CC(=O)OC[C@H]1OC(O[C@H]2CC[C@@]3(C)C(=CC[C@H]4[C@@H]5CC[C@H]([C@H](C)CCCC(C)C)[C@@]5(C)CC[C@@H]43)C2)[C@H](O)[C@@H](OC(C)=O)[C@H]1OC(C)=O. The normalized spacial score (nSPS) is 41.3. The van der Waals surface area contributed by atoms with Gasteiger partial charge in [0.2, 0.25) is 0 Å². The van der Waals surface area contributed by atoms with Gasteiger partial charge in [-0.1, -0.05) is 65.5 Å². The number of fused-ring (bicyclic) bond motifs is 5. The first kappa shape index (κ1) is 37.3. The van der Waals surface area contributed by atoms with E-state index in [2.05, 4.69) is 40.7 Å². The fourth-order valence-electron chi connectivity index (χ4n) is 11.0. The number of rotatable bonds is 11. The molecule has 13 atom stereocenters. The molecule has 1 saturated heterocycles. The molecule has 5 aliphatic rings. The van der Waals surface area contributed by atoms with E-state index >= 15 is 0 Å². The van der Waals surface area contributed by atoms with Gasteiger partial charge in [0.1, 0.15) is 18.8 Å². The van der Waals surface area contributed by atoms with Crippen LogP contribution in [0.15, 0.2) is 11.6 Å². The highest BCUT2D eigenvalue weighted by Crippen LogP contribution is 2.67. The molecular formula is C39H62O9. The van der Waals surface area contributed by atoms with Gasteiger partial charge in [-0.2, -0.15) is 0 Å². The zero-order valence-electron chi connectivity index (χ0n) is 30.7. The van der Waals surface area contributed by atoms with E-state index in [-0.39, 0.29) is 18.1 Å². The van der Waals surface area contributed by atoms with Crippen LogP contribution in [-0.4, -0.2) is 66.4 Å². The van der Waals surface area contributed by atoms with Crippen LogP contribution < -0.4 is 0 Å². The molecule has 1 N–H and O–H groups in total. The van der Waals surface area contributed by atoms with Crippen LogP contribution in [-0.2, 0) is 38.1 Å². The van der Waals surface area contributed by atoms with E-state index in [0.29, 0.717) is 11.3 Å². The lowest BCUT2D eigenvalue weighted by atomic mass is 9.47. The average molecular weight is 675 g/mol. The molecule has 48 heavy (non-hydrogen) atoms. The Balaban J connectivity index is 1.27. The standard InChI is InChI=1S/C39H62O9/c1-22(2)10-9-11-23(3)30-14-15-31-29-13-12-27-20-28(16-18-38(27,7)32(29)17-19-39(30,31)8)47-37-34(43)36(46-26(6)42)35(45-25(5)41)33(48-37)21-44-24(4)40/h12,22-23,28-37,43H,9-11,13-21H2,1-8H3/t23-,28+,29+,30-,31+,32+,33-,34-,35+,36-,37?,38+,39-/m1/s1. The van der Waals surface area contributed by atoms with Gasteiger partial charge in [0, 0.05) is 20.8 Å². The van der Waals surface area contributed by atoms with Crippen LogP contribution in [0.4, 0.5) is 0 Å². The van der Waals surface area contributed by atoms with Crippen molar-refractivity contribution in [2.24, 2.45) is 46.3 Å². The van der Waals surface area contributed by atoms with Gasteiger partial charge in [0.05, 0.1) is 6.10 Å². The molecular weight excluding hydrogens is 612 g/mol. The molecule has 0 amide bonds. The summed E-state index contributed by atoms with van der Waals surface area (Å²) in [6, 6.07) is 0. The topological polar surface area (TPSA) is 118 Å². The van der Waals surface area contributed by atoms with Crippen LogP contribution in [0.3, 0.4) is 0 Å². The van der Waals surface area contributed by atoms with Crippen molar-refractivity contribution in [2.45, 2.75) is 163 Å². The number of carbonyl (C=O) groups is 3. The smallest absolute Gasteiger partial charge is 0.303 e. The zero-order chi connectivity index (χ0) is 35.0. The summed E-state index contributed by atoms with van der Waals surface area (Å²) in [5.41, 5.74) is 2.03. The van der Waals surface area contributed by atoms with E-state index < -0.39 is 48.6 Å². The Morgan fingerprint density at radius 2 is 1.62 bits per heavy atom. The third kappa shape index (κ3) is 7.68. The molecule has 4 fully saturated rings. The third-order valence-corrected chi connectivity index (χ3v) is 13.3. The Morgan fingerprint density at radius 1 is 0.917 bits per heavy atom. The maximum Gasteiger partial charge on any atom is 0.303 e. The molecule has 0 bridgehead atoms. The molecule has 0 aromatic heterocycles. The summed E-state index contributed by atoms with van der Waals surface area (Å²) < 4.78 is 28.6. The molecule has 4 aliphatic carbocycles. The minimum atomic E-state index is -1.40. The first-order valence-corrected chi connectivity index (χ1v) is 18.8. The molecule has 1 aliphatic heterocycles. The maximum absolute atomic E-state index is 12.0. The van der Waals surface area contributed by atoms with Crippen molar-refractivity contribution in [1.82, 2.24) is 0 Å². The minimum Gasteiger partial charge on any atom is -0.463 e. The molecule has 1 unspecified atom stereocenters. The van der Waals surface area contributed by atoms with Crippen molar-refractivity contribution in [3.05, 3.63) is 11.6 Å². The molecule has 0 radical (unpaired) electrons. The number of aliphatic hydroxyl groups excluding tert-OH is 1. The van der Waals surface area contributed by atoms with Crippen LogP contribution in [0.2, 0.25) is 0 Å². The summed E-state index contributed by atoms with van der Waals surface area (Å²) in [7, 11) is 0. The van der Waals surface area contributed by atoms with Gasteiger partial charge in [-0.25, -0.2) is 0 Å². The largest absolute Gasteiger partial charge is 0.463 e. The van der Waals surface area contributed by atoms with Gasteiger partial charge < -0.3 is 28.8 Å². The van der Waals surface area contributed by atoms with Crippen molar-refractivity contribution < 1.29 is 43.2 Å². The Kier molecular flexibility index (Phi) is 11.7. The molecule has 0 spiro atoms. The lowest BCUT2D eigenvalue weighted by Gasteiger charge is -2.58. The summed E-state index contributed by atoms with van der Waals surface area (Å²) in [6.07, 6.45) is 9.50. The van der Waals surface area contributed by atoms with Gasteiger partial charge in [-0.3, -0.25) is 14.4 Å². The second-order valence-electron chi connectivity index (χ2n) is 16.8. The lowest BCUT2D eigenvalue weighted by Crippen LogP contribution is -2.62. The summed E-state index contributed by atoms with van der Waals surface area (Å²) in [4.78, 5) is 35.6. The predicted molar refractivity (Wildman–Crippen MR) is 180 cm³/mol. The number of ether oxygens (including phenoxy) is 5. The van der Waals surface area contributed by atoms with Gasteiger partial charge >= 0.3 is 17.9 Å². The van der Waals surface area contributed by atoms with E-state index in [4.69, 9.17) is 23.7 Å². The van der Waals surface area contributed by atoms with E-state index in [9.17, 15) is 19.5 Å². The van der Waals surface area contributed by atoms with Crippen LogP contribution in [0.25, 0.3) is 0 Å². The number of aliphatic hydroxyl groups is 1. The Morgan fingerprint density at radius 3 is 2.29 bits per heavy atom. The number of esters is 3. The molecule has 5 rings (SSSR count). The molecule has 0 aromatic carbocycles. The highest BCUT2D eigenvalue weighted by atomic mass is 16.7. The Labute approximate surface area is 288 Å². The summed E-state index contributed by atoms with van der Waals surface area (Å²) in [6.45, 7) is 15.8. The van der Waals surface area contributed by atoms with Gasteiger partial charge in [0.15, 0.2) is 18.5 Å². The Bertz CT molecular complexity index is 1200. The van der Waals surface area contributed by atoms with E-state index in [1.54, 1.807) is 0 Å². The average Bonchev–Trinajstić information content (AvgIpc) is 3.36. The van der Waals surface area contributed by atoms with Crippen molar-refractivity contribution in [2.75, 3.05) is 6.61 Å². The van der Waals surface area contributed by atoms with Gasteiger partial charge in [-0.05, 0) is 97.7 Å².